The molecule has 21 heavy (non-hydrogen) atoms. The number of carbonyl (C=O) groups excluding carboxylic acids is 1. The van der Waals surface area contributed by atoms with Crippen molar-refractivity contribution in [3.05, 3.63) is 35.9 Å². The number of hydrogen-bond acceptors (Lipinski definition) is 3. The van der Waals surface area contributed by atoms with E-state index in [-0.39, 0.29) is 18.6 Å². The average molecular weight is 292 g/mol. The van der Waals surface area contributed by atoms with Crippen molar-refractivity contribution in [2.75, 3.05) is 13.1 Å². The summed E-state index contributed by atoms with van der Waals surface area (Å²) in [5.41, 5.74) is 0.860. The van der Waals surface area contributed by atoms with Crippen molar-refractivity contribution in [1.29, 1.82) is 0 Å². The van der Waals surface area contributed by atoms with Crippen molar-refractivity contribution in [3.63, 3.8) is 0 Å². The fraction of sp³-hybridized carbons (Fsp3) is 0.467. The molecular weight excluding hydrogens is 272 g/mol. The van der Waals surface area contributed by atoms with E-state index in [4.69, 9.17) is 0 Å². The van der Waals surface area contributed by atoms with E-state index < -0.39 is 12.0 Å². The molecule has 6 nitrogen and oxygen atoms in total. The fourth-order valence-electron chi connectivity index (χ4n) is 2.36. The molecule has 1 atom stereocenters. The normalized spacial score (nSPS) is 17.3. The predicted octanol–water partition coefficient (Wildman–Crippen LogP) is 0.849. The van der Waals surface area contributed by atoms with Gasteiger partial charge in [0.15, 0.2) is 0 Å². The Labute approximate surface area is 123 Å². The van der Waals surface area contributed by atoms with Crippen LogP contribution in [0.15, 0.2) is 30.3 Å². The van der Waals surface area contributed by atoms with Crippen LogP contribution in [0, 0.1) is 0 Å². The molecule has 0 aliphatic carbocycles. The summed E-state index contributed by atoms with van der Waals surface area (Å²) in [6, 6.07) is 7.86. The summed E-state index contributed by atoms with van der Waals surface area (Å²) in [6.45, 7) is 0.898. The second kappa shape index (κ2) is 7.08. The molecule has 0 saturated carbocycles. The number of carboxylic acids is 1. The SMILES string of the molecule is O=C(O)C(Cc1ccccc1)NC(=O)N1CCC(O)CC1. The number of carboxylic acid groups (broad SMARTS) is 1. The van der Waals surface area contributed by atoms with Gasteiger partial charge in [0, 0.05) is 19.5 Å². The van der Waals surface area contributed by atoms with E-state index in [1.807, 2.05) is 30.3 Å². The maximum absolute atomic E-state index is 12.1. The number of rotatable bonds is 4. The summed E-state index contributed by atoms with van der Waals surface area (Å²) in [5.74, 6) is -1.05. The minimum absolute atomic E-state index is 0.248. The van der Waals surface area contributed by atoms with Crippen molar-refractivity contribution < 1.29 is 19.8 Å². The van der Waals surface area contributed by atoms with Crippen LogP contribution in [0.25, 0.3) is 0 Å². The number of aliphatic hydroxyl groups is 1. The Balaban J connectivity index is 1.93. The van der Waals surface area contributed by atoms with Gasteiger partial charge in [-0.3, -0.25) is 0 Å². The first kappa shape index (κ1) is 15.3. The summed E-state index contributed by atoms with van der Waals surface area (Å²) in [5, 5.41) is 21.2. The molecule has 6 heteroatoms. The summed E-state index contributed by atoms with van der Waals surface area (Å²) >= 11 is 0. The number of aliphatic carboxylic acids is 1. The van der Waals surface area contributed by atoms with Gasteiger partial charge in [0.05, 0.1) is 6.10 Å². The van der Waals surface area contributed by atoms with E-state index in [2.05, 4.69) is 5.32 Å². The lowest BCUT2D eigenvalue weighted by atomic mass is 10.1. The number of piperidine rings is 1. The quantitative estimate of drug-likeness (QED) is 0.767. The number of nitrogens with zero attached hydrogens (tertiary/aromatic N) is 1. The van der Waals surface area contributed by atoms with Gasteiger partial charge in [-0.15, -0.1) is 0 Å². The van der Waals surface area contributed by atoms with Crippen molar-refractivity contribution in [1.82, 2.24) is 10.2 Å². The van der Waals surface area contributed by atoms with E-state index in [1.165, 1.54) is 0 Å². The molecule has 0 aromatic heterocycles. The number of amides is 2. The van der Waals surface area contributed by atoms with E-state index in [1.54, 1.807) is 4.90 Å². The van der Waals surface area contributed by atoms with Gasteiger partial charge in [0.25, 0.3) is 0 Å². The summed E-state index contributed by atoms with van der Waals surface area (Å²) in [6.07, 6.45) is 0.945. The van der Waals surface area contributed by atoms with Crippen LogP contribution in [-0.4, -0.2) is 52.3 Å². The molecule has 114 valence electrons. The van der Waals surface area contributed by atoms with Gasteiger partial charge in [-0.25, -0.2) is 9.59 Å². The minimum atomic E-state index is -1.05. The van der Waals surface area contributed by atoms with Gasteiger partial charge in [-0.05, 0) is 18.4 Å². The van der Waals surface area contributed by atoms with Crippen molar-refractivity contribution in [3.8, 4) is 0 Å². The third-order valence-electron chi connectivity index (χ3n) is 3.63. The van der Waals surface area contributed by atoms with E-state index in [0.29, 0.717) is 25.9 Å². The predicted molar refractivity (Wildman–Crippen MR) is 76.9 cm³/mol. The zero-order valence-corrected chi connectivity index (χ0v) is 11.7. The van der Waals surface area contributed by atoms with Crippen LogP contribution in [-0.2, 0) is 11.2 Å². The van der Waals surface area contributed by atoms with Gasteiger partial charge in [0.2, 0.25) is 0 Å². The molecule has 1 fully saturated rings. The molecule has 0 radical (unpaired) electrons. The van der Waals surface area contributed by atoms with Gasteiger partial charge < -0.3 is 20.4 Å². The Morgan fingerprint density at radius 2 is 1.86 bits per heavy atom. The van der Waals surface area contributed by atoms with E-state index >= 15 is 0 Å². The van der Waals surface area contributed by atoms with Crippen molar-refractivity contribution in [2.45, 2.75) is 31.4 Å². The monoisotopic (exact) mass is 292 g/mol. The highest BCUT2D eigenvalue weighted by Crippen LogP contribution is 2.10. The highest BCUT2D eigenvalue weighted by molar-refractivity contribution is 5.82. The molecule has 0 bridgehead atoms. The number of likely N-dealkylation sites (tertiary alicyclic amines) is 1. The van der Waals surface area contributed by atoms with Crippen LogP contribution in [0.2, 0.25) is 0 Å². The molecule has 1 unspecified atom stereocenters. The van der Waals surface area contributed by atoms with Crippen LogP contribution >= 0.6 is 0 Å². The standard InChI is InChI=1S/C15H20N2O4/c18-12-6-8-17(9-7-12)15(21)16-13(14(19)20)10-11-4-2-1-3-5-11/h1-5,12-13,18H,6-10H2,(H,16,21)(H,19,20). The second-order valence-corrected chi connectivity index (χ2v) is 5.25. The lowest BCUT2D eigenvalue weighted by Crippen LogP contribution is -2.51. The zero-order valence-electron chi connectivity index (χ0n) is 11.7. The van der Waals surface area contributed by atoms with Crippen LogP contribution in [0.4, 0.5) is 4.79 Å². The zero-order chi connectivity index (χ0) is 15.2. The first-order chi connectivity index (χ1) is 10.1. The molecule has 1 aliphatic rings. The smallest absolute Gasteiger partial charge is 0.326 e. The molecule has 1 aliphatic heterocycles. The lowest BCUT2D eigenvalue weighted by molar-refractivity contribution is -0.139. The number of nitrogens with one attached hydrogen (secondary N) is 1. The Morgan fingerprint density at radius 1 is 1.24 bits per heavy atom. The third-order valence-corrected chi connectivity index (χ3v) is 3.63. The van der Waals surface area contributed by atoms with Crippen molar-refractivity contribution in [2.24, 2.45) is 0 Å². The van der Waals surface area contributed by atoms with Gasteiger partial charge >= 0.3 is 12.0 Å². The summed E-state index contributed by atoms with van der Waals surface area (Å²) in [4.78, 5) is 24.9. The molecule has 1 saturated heterocycles. The molecule has 3 N–H and O–H groups in total. The van der Waals surface area contributed by atoms with E-state index in [9.17, 15) is 19.8 Å². The molecular formula is C15H20N2O4. The molecule has 0 spiro atoms. The molecule has 2 rings (SSSR count). The maximum atomic E-state index is 12.1. The Bertz CT molecular complexity index is 484. The summed E-state index contributed by atoms with van der Waals surface area (Å²) < 4.78 is 0. The first-order valence-corrected chi connectivity index (χ1v) is 7.06. The second-order valence-electron chi connectivity index (χ2n) is 5.25. The van der Waals surface area contributed by atoms with Crippen LogP contribution < -0.4 is 5.32 Å². The van der Waals surface area contributed by atoms with Crippen molar-refractivity contribution >= 4 is 12.0 Å². The van der Waals surface area contributed by atoms with Crippen LogP contribution in [0.1, 0.15) is 18.4 Å². The number of hydrogen-bond donors (Lipinski definition) is 3. The number of aliphatic hydroxyl groups excluding tert-OH is 1. The molecule has 2 amide bonds. The highest BCUT2D eigenvalue weighted by Gasteiger charge is 2.26. The van der Waals surface area contributed by atoms with Crippen LogP contribution in [0.5, 0.6) is 0 Å². The first-order valence-electron chi connectivity index (χ1n) is 7.06. The summed E-state index contributed by atoms with van der Waals surface area (Å²) in [7, 11) is 0. The molecule has 1 heterocycles. The average Bonchev–Trinajstić information content (AvgIpc) is 2.48. The maximum Gasteiger partial charge on any atom is 0.326 e. The molecule has 1 aromatic carbocycles. The number of carbonyl (C=O) groups is 2. The van der Waals surface area contributed by atoms with Gasteiger partial charge in [0.1, 0.15) is 6.04 Å². The topological polar surface area (TPSA) is 89.9 Å². The fourth-order valence-corrected chi connectivity index (χ4v) is 2.36. The van der Waals surface area contributed by atoms with Crippen LogP contribution in [0.3, 0.4) is 0 Å². The highest BCUT2D eigenvalue weighted by atomic mass is 16.4. The largest absolute Gasteiger partial charge is 0.480 e. The molecule has 1 aromatic rings. The number of benzene rings is 1. The number of urea groups is 1. The van der Waals surface area contributed by atoms with E-state index in [0.717, 1.165) is 5.56 Å². The Hall–Kier alpha value is -2.08. The Morgan fingerprint density at radius 3 is 2.43 bits per heavy atom. The van der Waals surface area contributed by atoms with Gasteiger partial charge in [-0.1, -0.05) is 30.3 Å². The Kier molecular flexibility index (Phi) is 5.16. The lowest BCUT2D eigenvalue weighted by Gasteiger charge is -2.30. The van der Waals surface area contributed by atoms with Gasteiger partial charge in [-0.2, -0.15) is 0 Å². The third kappa shape index (κ3) is 4.46. The minimum Gasteiger partial charge on any atom is -0.480 e.